The lowest BCUT2D eigenvalue weighted by Crippen LogP contribution is -2.24. The molecule has 0 amide bonds. The summed E-state index contributed by atoms with van der Waals surface area (Å²) in [4.78, 5) is 4.39. The average Bonchev–Trinajstić information content (AvgIpc) is 2.79. The van der Waals surface area contributed by atoms with Gasteiger partial charge in [-0.15, -0.1) is 0 Å². The Balaban J connectivity index is 2.00. The second-order valence-electron chi connectivity index (χ2n) is 4.30. The van der Waals surface area contributed by atoms with E-state index >= 15 is 0 Å². The molecule has 0 fully saturated rings. The third-order valence-electron chi connectivity index (χ3n) is 2.76. The van der Waals surface area contributed by atoms with Gasteiger partial charge >= 0.3 is 0 Å². The second-order valence-corrected chi connectivity index (χ2v) is 5.22. The Bertz CT molecular complexity index is 495. The summed E-state index contributed by atoms with van der Waals surface area (Å²) < 4.78 is 6.31. The van der Waals surface area contributed by atoms with Crippen LogP contribution in [0.25, 0.3) is 0 Å². The largest absolute Gasteiger partial charge is 0.339 e. The van der Waals surface area contributed by atoms with Crippen LogP contribution in [0.1, 0.15) is 24.2 Å². The van der Waals surface area contributed by atoms with Crippen molar-refractivity contribution in [1.82, 2.24) is 15.5 Å². The summed E-state index contributed by atoms with van der Waals surface area (Å²) in [6, 6.07) is 8.46. The number of halogens is 1. The Morgan fingerprint density at radius 1 is 1.33 bits per heavy atom. The van der Waals surface area contributed by atoms with Crippen LogP contribution in [-0.2, 0) is 12.8 Å². The van der Waals surface area contributed by atoms with Crippen molar-refractivity contribution >= 4 is 15.9 Å². The fourth-order valence-electron chi connectivity index (χ4n) is 1.60. The summed E-state index contributed by atoms with van der Waals surface area (Å²) in [5, 5.41) is 7.13. The number of benzene rings is 1. The van der Waals surface area contributed by atoms with Crippen LogP contribution in [-0.4, -0.2) is 23.2 Å². The van der Waals surface area contributed by atoms with E-state index in [1.54, 1.807) is 0 Å². The number of nitrogens with zero attached hydrogens (tertiary/aromatic N) is 2. The lowest BCUT2D eigenvalue weighted by Gasteiger charge is -2.04. The van der Waals surface area contributed by atoms with Gasteiger partial charge in [0.05, 0.1) is 6.42 Å². The van der Waals surface area contributed by atoms with E-state index in [-0.39, 0.29) is 0 Å². The van der Waals surface area contributed by atoms with E-state index in [1.165, 1.54) is 0 Å². The predicted octanol–water partition coefficient (Wildman–Crippen LogP) is 2.57. The van der Waals surface area contributed by atoms with Gasteiger partial charge in [0.2, 0.25) is 5.89 Å². The molecule has 1 atom stereocenters. The number of hydrogen-bond donors (Lipinski definition) is 1. The molecule has 1 heterocycles. The molecule has 18 heavy (non-hydrogen) atoms. The maximum Gasteiger partial charge on any atom is 0.231 e. The zero-order valence-electron chi connectivity index (χ0n) is 10.5. The topological polar surface area (TPSA) is 51.0 Å². The number of aromatic nitrogens is 2. The van der Waals surface area contributed by atoms with Crippen LogP contribution < -0.4 is 5.32 Å². The molecule has 4 nitrogen and oxygen atoms in total. The van der Waals surface area contributed by atoms with Gasteiger partial charge in [-0.25, -0.2) is 0 Å². The summed E-state index contributed by atoms with van der Waals surface area (Å²) >= 11 is 3.41. The van der Waals surface area contributed by atoms with Crippen LogP contribution in [0.15, 0.2) is 33.3 Å². The van der Waals surface area contributed by atoms with Crippen LogP contribution in [0.5, 0.6) is 0 Å². The lowest BCUT2D eigenvalue weighted by atomic mass is 10.1. The van der Waals surface area contributed by atoms with Gasteiger partial charge < -0.3 is 9.84 Å². The molecule has 0 saturated heterocycles. The zero-order chi connectivity index (χ0) is 13.0. The van der Waals surface area contributed by atoms with Crippen LogP contribution in [0, 0.1) is 0 Å². The first-order chi connectivity index (χ1) is 8.67. The first-order valence-electron chi connectivity index (χ1n) is 5.90. The fraction of sp³-hybridized carbons (Fsp3) is 0.385. The van der Waals surface area contributed by atoms with Gasteiger partial charge in [0.15, 0.2) is 5.82 Å². The SMILES string of the molecule is CNC(C)Cc1noc(Cc2ccc(Br)cc2)n1. The second kappa shape index (κ2) is 6.11. The van der Waals surface area contributed by atoms with Gasteiger partial charge in [0.1, 0.15) is 0 Å². The molecule has 0 aliphatic rings. The summed E-state index contributed by atoms with van der Waals surface area (Å²) in [6.45, 7) is 2.09. The van der Waals surface area contributed by atoms with Gasteiger partial charge in [0.25, 0.3) is 0 Å². The minimum absolute atomic E-state index is 0.350. The summed E-state index contributed by atoms with van der Waals surface area (Å²) in [5.74, 6) is 1.42. The van der Waals surface area contributed by atoms with E-state index in [1.807, 2.05) is 31.3 Å². The van der Waals surface area contributed by atoms with Gasteiger partial charge in [-0.1, -0.05) is 33.2 Å². The number of hydrogen-bond acceptors (Lipinski definition) is 4. The molecule has 0 aliphatic heterocycles. The molecule has 1 N–H and O–H groups in total. The van der Waals surface area contributed by atoms with Crippen LogP contribution in [0.3, 0.4) is 0 Å². The molecule has 2 rings (SSSR count). The maximum atomic E-state index is 5.24. The highest BCUT2D eigenvalue weighted by molar-refractivity contribution is 9.10. The van der Waals surface area contributed by atoms with E-state index in [0.29, 0.717) is 18.4 Å². The molecular weight excluding hydrogens is 294 g/mol. The highest BCUT2D eigenvalue weighted by Crippen LogP contribution is 2.13. The first-order valence-corrected chi connectivity index (χ1v) is 6.70. The van der Waals surface area contributed by atoms with Crippen molar-refractivity contribution < 1.29 is 4.52 Å². The summed E-state index contributed by atoms with van der Waals surface area (Å²) in [5.41, 5.74) is 1.16. The van der Waals surface area contributed by atoms with Crippen molar-refractivity contribution in [2.75, 3.05) is 7.05 Å². The quantitative estimate of drug-likeness (QED) is 0.922. The van der Waals surface area contributed by atoms with E-state index in [2.05, 4.69) is 38.3 Å². The smallest absolute Gasteiger partial charge is 0.231 e. The van der Waals surface area contributed by atoms with E-state index in [4.69, 9.17) is 4.52 Å². The highest BCUT2D eigenvalue weighted by atomic mass is 79.9. The van der Waals surface area contributed by atoms with Crippen molar-refractivity contribution in [3.8, 4) is 0 Å². The minimum atomic E-state index is 0.350. The van der Waals surface area contributed by atoms with Gasteiger partial charge in [-0.05, 0) is 31.7 Å². The molecule has 0 spiro atoms. The normalized spacial score (nSPS) is 12.6. The minimum Gasteiger partial charge on any atom is -0.339 e. The van der Waals surface area contributed by atoms with E-state index in [0.717, 1.165) is 22.3 Å². The van der Waals surface area contributed by atoms with Crippen LogP contribution >= 0.6 is 15.9 Å². The Hall–Kier alpha value is -1.20. The number of likely N-dealkylation sites (N-methyl/N-ethyl adjacent to an activating group) is 1. The summed E-state index contributed by atoms with van der Waals surface area (Å²) in [6.07, 6.45) is 1.45. The fourth-order valence-corrected chi connectivity index (χ4v) is 1.86. The zero-order valence-corrected chi connectivity index (χ0v) is 12.1. The standard InChI is InChI=1S/C13H16BrN3O/c1-9(15-2)7-12-16-13(18-17-12)8-10-3-5-11(14)6-4-10/h3-6,9,15H,7-8H2,1-2H3. The average molecular weight is 310 g/mol. The molecule has 2 aromatic rings. The van der Waals surface area contributed by atoms with Crippen molar-refractivity contribution in [3.05, 3.63) is 46.0 Å². The third-order valence-corrected chi connectivity index (χ3v) is 3.29. The lowest BCUT2D eigenvalue weighted by molar-refractivity contribution is 0.377. The molecule has 0 saturated carbocycles. The Morgan fingerprint density at radius 2 is 2.06 bits per heavy atom. The van der Waals surface area contributed by atoms with Gasteiger partial charge in [-0.2, -0.15) is 4.98 Å². The van der Waals surface area contributed by atoms with Crippen molar-refractivity contribution in [2.45, 2.75) is 25.8 Å². The molecule has 0 bridgehead atoms. The molecule has 1 aromatic heterocycles. The van der Waals surface area contributed by atoms with Crippen molar-refractivity contribution in [2.24, 2.45) is 0 Å². The molecule has 1 aromatic carbocycles. The monoisotopic (exact) mass is 309 g/mol. The highest BCUT2D eigenvalue weighted by Gasteiger charge is 2.09. The van der Waals surface area contributed by atoms with Gasteiger partial charge in [-0.3, -0.25) is 0 Å². The molecule has 5 heteroatoms. The Labute approximate surface area is 115 Å². The Morgan fingerprint density at radius 3 is 2.72 bits per heavy atom. The van der Waals surface area contributed by atoms with Crippen molar-refractivity contribution in [1.29, 1.82) is 0 Å². The van der Waals surface area contributed by atoms with E-state index < -0.39 is 0 Å². The van der Waals surface area contributed by atoms with Crippen molar-refractivity contribution in [3.63, 3.8) is 0 Å². The number of rotatable bonds is 5. The van der Waals surface area contributed by atoms with Crippen LogP contribution in [0.4, 0.5) is 0 Å². The van der Waals surface area contributed by atoms with E-state index in [9.17, 15) is 0 Å². The van der Waals surface area contributed by atoms with Crippen LogP contribution in [0.2, 0.25) is 0 Å². The molecule has 1 unspecified atom stereocenters. The first kappa shape index (κ1) is 13.2. The molecule has 0 aliphatic carbocycles. The molecular formula is C13H16BrN3O. The predicted molar refractivity (Wildman–Crippen MR) is 73.5 cm³/mol. The molecule has 96 valence electrons. The Kier molecular flexibility index (Phi) is 4.49. The molecule has 0 radical (unpaired) electrons. The maximum absolute atomic E-state index is 5.24. The number of nitrogens with one attached hydrogen (secondary N) is 1. The third kappa shape index (κ3) is 3.65. The van der Waals surface area contributed by atoms with Gasteiger partial charge in [0, 0.05) is 16.9 Å². The summed E-state index contributed by atoms with van der Waals surface area (Å²) in [7, 11) is 1.92.